The highest BCUT2D eigenvalue weighted by Gasteiger charge is 2.14. The van der Waals surface area contributed by atoms with Crippen molar-refractivity contribution in [2.24, 2.45) is 0 Å². The van der Waals surface area contributed by atoms with Crippen LogP contribution in [0.5, 0.6) is 0 Å². The number of amides is 2. The van der Waals surface area contributed by atoms with Crippen LogP contribution >= 0.6 is 23.4 Å². The first-order chi connectivity index (χ1) is 16.1. The summed E-state index contributed by atoms with van der Waals surface area (Å²) in [7, 11) is 0. The Bertz CT molecular complexity index is 1220. The van der Waals surface area contributed by atoms with Crippen LogP contribution in [0.15, 0.2) is 92.8 Å². The Morgan fingerprint density at radius 1 is 0.848 bits per heavy atom. The van der Waals surface area contributed by atoms with Crippen LogP contribution < -0.4 is 10.6 Å². The molecule has 0 saturated carbocycles. The fourth-order valence-corrected chi connectivity index (χ4v) is 4.08. The summed E-state index contributed by atoms with van der Waals surface area (Å²) in [5, 5.41) is 6.33. The third-order valence-electron chi connectivity index (χ3n) is 4.74. The van der Waals surface area contributed by atoms with Crippen molar-refractivity contribution in [1.29, 1.82) is 0 Å². The van der Waals surface area contributed by atoms with Gasteiger partial charge in [0, 0.05) is 15.5 Å². The Morgan fingerprint density at radius 3 is 2.42 bits per heavy atom. The largest absolute Gasteiger partial charge is 0.467 e. The highest BCUT2D eigenvalue weighted by Crippen LogP contribution is 2.25. The summed E-state index contributed by atoms with van der Waals surface area (Å²) in [5.41, 5.74) is 1.41. The van der Waals surface area contributed by atoms with Gasteiger partial charge in [0.25, 0.3) is 5.91 Å². The molecule has 0 fully saturated rings. The van der Waals surface area contributed by atoms with Crippen LogP contribution in [0, 0.1) is 0 Å². The van der Waals surface area contributed by atoms with Crippen molar-refractivity contribution >= 4 is 35.2 Å². The molecule has 2 aromatic heterocycles. The van der Waals surface area contributed by atoms with Crippen molar-refractivity contribution in [3.8, 4) is 11.3 Å². The monoisotopic (exact) mass is 480 g/mol. The lowest BCUT2D eigenvalue weighted by Gasteiger charge is -2.09. The summed E-state index contributed by atoms with van der Waals surface area (Å²) >= 11 is 7.24. The molecule has 168 valence electrons. The van der Waals surface area contributed by atoms with E-state index in [1.807, 2.05) is 36.4 Å². The van der Waals surface area contributed by atoms with E-state index in [9.17, 15) is 9.59 Å². The Balaban J connectivity index is 1.31. The number of furan rings is 2. The molecule has 0 bridgehead atoms. The second-order valence-corrected chi connectivity index (χ2v) is 8.55. The van der Waals surface area contributed by atoms with Gasteiger partial charge in [0.1, 0.15) is 17.3 Å². The van der Waals surface area contributed by atoms with Crippen LogP contribution in [0.1, 0.15) is 21.9 Å². The van der Waals surface area contributed by atoms with E-state index < -0.39 is 0 Å². The molecule has 2 N–H and O–H groups in total. The number of rotatable bonds is 9. The van der Waals surface area contributed by atoms with Crippen molar-refractivity contribution in [2.45, 2.75) is 18.0 Å². The maximum absolute atomic E-state index is 12.8. The molecule has 0 spiro atoms. The molecular formula is C25H21ClN2O4S. The third kappa shape index (κ3) is 6.31. The first kappa shape index (κ1) is 22.8. The summed E-state index contributed by atoms with van der Waals surface area (Å²) in [6.45, 7) is 0.574. The molecule has 0 aliphatic carbocycles. The van der Waals surface area contributed by atoms with Gasteiger partial charge < -0.3 is 19.5 Å². The average Bonchev–Trinajstić information content (AvgIpc) is 3.53. The lowest BCUT2D eigenvalue weighted by molar-refractivity contribution is -0.118. The molecule has 0 unspecified atom stereocenters. The van der Waals surface area contributed by atoms with Crippen LogP contribution in [0.3, 0.4) is 0 Å². The first-order valence-electron chi connectivity index (χ1n) is 10.2. The number of thioether (sulfide) groups is 1. The smallest absolute Gasteiger partial charge is 0.252 e. The molecule has 2 amide bonds. The number of carbonyl (C=O) groups is 2. The van der Waals surface area contributed by atoms with Gasteiger partial charge in [0.2, 0.25) is 5.91 Å². The fourth-order valence-electron chi connectivity index (χ4n) is 3.08. The van der Waals surface area contributed by atoms with Crippen LogP contribution in [0.25, 0.3) is 11.3 Å². The van der Waals surface area contributed by atoms with E-state index >= 15 is 0 Å². The lowest BCUT2D eigenvalue weighted by atomic mass is 10.2. The normalized spacial score (nSPS) is 10.7. The topological polar surface area (TPSA) is 84.5 Å². The fraction of sp³-hybridized carbons (Fsp3) is 0.120. The number of halogens is 1. The molecule has 0 aliphatic rings. The van der Waals surface area contributed by atoms with Crippen molar-refractivity contribution in [2.75, 3.05) is 5.75 Å². The van der Waals surface area contributed by atoms with E-state index in [2.05, 4.69) is 10.6 Å². The zero-order valence-corrected chi connectivity index (χ0v) is 19.1. The molecule has 0 radical (unpaired) electrons. The van der Waals surface area contributed by atoms with Gasteiger partial charge >= 0.3 is 0 Å². The Morgan fingerprint density at radius 2 is 1.64 bits per heavy atom. The molecule has 6 nitrogen and oxygen atoms in total. The number of nitrogens with one attached hydrogen (secondary N) is 2. The van der Waals surface area contributed by atoms with Gasteiger partial charge in [-0.15, -0.1) is 11.8 Å². The number of carbonyl (C=O) groups excluding carboxylic acids is 2. The second kappa shape index (κ2) is 10.9. The van der Waals surface area contributed by atoms with Crippen LogP contribution in [0.4, 0.5) is 0 Å². The minimum atomic E-state index is -0.237. The van der Waals surface area contributed by atoms with Gasteiger partial charge in [-0.25, -0.2) is 0 Å². The summed E-state index contributed by atoms with van der Waals surface area (Å²) in [4.78, 5) is 25.7. The number of benzene rings is 2. The van der Waals surface area contributed by atoms with Gasteiger partial charge in [-0.05, 0) is 60.7 Å². The Hall–Kier alpha value is -3.42. The molecular weight excluding hydrogens is 460 g/mol. The predicted octanol–water partition coefficient (Wildman–Crippen LogP) is 5.53. The Kier molecular flexibility index (Phi) is 7.55. The average molecular weight is 481 g/mol. The van der Waals surface area contributed by atoms with Gasteiger partial charge in [-0.1, -0.05) is 23.7 Å². The van der Waals surface area contributed by atoms with Crippen molar-refractivity contribution in [3.63, 3.8) is 0 Å². The zero-order chi connectivity index (χ0) is 23.0. The molecule has 0 aliphatic heterocycles. The first-order valence-corrected chi connectivity index (χ1v) is 11.6. The summed E-state index contributed by atoms with van der Waals surface area (Å²) in [5.74, 6) is 1.83. The van der Waals surface area contributed by atoms with Crippen LogP contribution in [-0.2, 0) is 17.9 Å². The van der Waals surface area contributed by atoms with E-state index in [1.165, 1.54) is 11.8 Å². The number of hydrogen-bond acceptors (Lipinski definition) is 5. The third-order valence-corrected chi connectivity index (χ3v) is 6.07. The van der Waals surface area contributed by atoms with E-state index in [4.69, 9.17) is 20.4 Å². The molecule has 0 saturated heterocycles. The maximum Gasteiger partial charge on any atom is 0.252 e. The quantitative estimate of drug-likeness (QED) is 0.308. The highest BCUT2D eigenvalue weighted by atomic mass is 35.5. The van der Waals surface area contributed by atoms with E-state index in [-0.39, 0.29) is 24.1 Å². The molecule has 8 heteroatoms. The lowest BCUT2D eigenvalue weighted by Crippen LogP contribution is -2.25. The summed E-state index contributed by atoms with van der Waals surface area (Å²) in [6, 6.07) is 21.8. The van der Waals surface area contributed by atoms with E-state index in [0.29, 0.717) is 34.4 Å². The Labute approximate surface area is 200 Å². The minimum absolute atomic E-state index is 0.142. The highest BCUT2D eigenvalue weighted by molar-refractivity contribution is 8.00. The standard InChI is InChI=1S/C25H21ClN2O4S/c26-18-9-7-17(8-10-18)22-12-11-20(32-22)15-28-25(30)21-5-1-2-6-23(21)33-16-24(29)27-14-19-4-3-13-31-19/h1-13H,14-16H2,(H,27,29)(H,28,30). The molecule has 4 rings (SSSR count). The van der Waals surface area contributed by atoms with Gasteiger partial charge in [-0.3, -0.25) is 9.59 Å². The van der Waals surface area contributed by atoms with E-state index in [1.54, 1.807) is 42.7 Å². The van der Waals surface area contributed by atoms with Gasteiger partial charge in [-0.2, -0.15) is 0 Å². The zero-order valence-electron chi connectivity index (χ0n) is 17.5. The summed E-state index contributed by atoms with van der Waals surface area (Å²) < 4.78 is 11.0. The molecule has 33 heavy (non-hydrogen) atoms. The van der Waals surface area contributed by atoms with E-state index in [0.717, 1.165) is 10.5 Å². The minimum Gasteiger partial charge on any atom is -0.467 e. The summed E-state index contributed by atoms with van der Waals surface area (Å²) in [6.07, 6.45) is 1.56. The van der Waals surface area contributed by atoms with Crippen LogP contribution in [-0.4, -0.2) is 17.6 Å². The van der Waals surface area contributed by atoms with Gasteiger partial charge in [0.15, 0.2) is 0 Å². The predicted molar refractivity (Wildman–Crippen MR) is 128 cm³/mol. The van der Waals surface area contributed by atoms with Gasteiger partial charge in [0.05, 0.1) is 30.7 Å². The van der Waals surface area contributed by atoms with Crippen LogP contribution in [0.2, 0.25) is 5.02 Å². The van der Waals surface area contributed by atoms with Crippen molar-refractivity contribution < 1.29 is 18.4 Å². The van der Waals surface area contributed by atoms with Crippen molar-refractivity contribution in [1.82, 2.24) is 10.6 Å². The number of hydrogen-bond donors (Lipinski definition) is 2. The molecule has 2 heterocycles. The SMILES string of the molecule is O=C(CSc1ccccc1C(=O)NCc1ccc(-c2ccc(Cl)cc2)o1)NCc1ccco1. The molecule has 0 atom stereocenters. The molecule has 4 aromatic rings. The second-order valence-electron chi connectivity index (χ2n) is 7.10. The maximum atomic E-state index is 12.8. The molecule has 2 aromatic carbocycles. The van der Waals surface area contributed by atoms with Crippen molar-refractivity contribution in [3.05, 3.63) is 101 Å².